The van der Waals surface area contributed by atoms with Crippen molar-refractivity contribution in [3.63, 3.8) is 0 Å². The minimum absolute atomic E-state index is 0.0883. The van der Waals surface area contributed by atoms with Crippen molar-refractivity contribution in [2.24, 2.45) is 0 Å². The molecule has 1 amide bonds. The molecule has 5 heteroatoms. The maximum Gasteiger partial charge on any atom is 0.225 e. The molecular formula is C15H23NO4. The molecule has 1 rings (SSSR count). The first-order chi connectivity index (χ1) is 9.47. The first-order valence-corrected chi connectivity index (χ1v) is 6.60. The van der Waals surface area contributed by atoms with Gasteiger partial charge in [-0.05, 0) is 19.4 Å². The number of hydrogen-bond donors (Lipinski definition) is 2. The summed E-state index contributed by atoms with van der Waals surface area (Å²) in [4.78, 5) is 12.1. The van der Waals surface area contributed by atoms with Crippen LogP contribution < -0.4 is 14.8 Å². The molecule has 0 spiro atoms. The average molecular weight is 281 g/mol. The van der Waals surface area contributed by atoms with Gasteiger partial charge in [0, 0.05) is 11.6 Å². The molecule has 20 heavy (non-hydrogen) atoms. The van der Waals surface area contributed by atoms with Crippen LogP contribution in [-0.4, -0.2) is 37.4 Å². The summed E-state index contributed by atoms with van der Waals surface area (Å²) in [6, 6.07) is 5.34. The summed E-state index contributed by atoms with van der Waals surface area (Å²) in [5.41, 5.74) is 0.193. The molecule has 1 aromatic rings. The highest BCUT2D eigenvalue weighted by atomic mass is 16.5. The fraction of sp³-hybridized carbons (Fsp3) is 0.533. The number of carbonyl (C=O) groups is 1. The van der Waals surface area contributed by atoms with Crippen molar-refractivity contribution in [1.29, 1.82) is 0 Å². The highest BCUT2D eigenvalue weighted by molar-refractivity contribution is 5.80. The molecule has 0 aliphatic heterocycles. The molecule has 2 N–H and O–H groups in total. The molecule has 112 valence electrons. The molecule has 0 aromatic heterocycles. The standard InChI is InChI=1S/C15H23NO4/c1-5-15(2,10-17)16-14(18)8-11-6-7-12(19-3)9-13(11)20-4/h6-7,9,17H,5,8,10H2,1-4H3,(H,16,18). The van der Waals surface area contributed by atoms with Gasteiger partial charge in [-0.25, -0.2) is 0 Å². The molecular weight excluding hydrogens is 258 g/mol. The van der Waals surface area contributed by atoms with Gasteiger partial charge in [-0.2, -0.15) is 0 Å². The largest absolute Gasteiger partial charge is 0.497 e. The van der Waals surface area contributed by atoms with Crippen LogP contribution in [0.5, 0.6) is 11.5 Å². The summed E-state index contributed by atoms with van der Waals surface area (Å²) >= 11 is 0. The lowest BCUT2D eigenvalue weighted by Gasteiger charge is -2.27. The maximum absolute atomic E-state index is 12.1. The van der Waals surface area contributed by atoms with Crippen LogP contribution in [0.3, 0.4) is 0 Å². The van der Waals surface area contributed by atoms with Crippen molar-refractivity contribution in [2.45, 2.75) is 32.2 Å². The first kappa shape index (κ1) is 16.3. The van der Waals surface area contributed by atoms with Gasteiger partial charge >= 0.3 is 0 Å². The number of carbonyl (C=O) groups excluding carboxylic acids is 1. The molecule has 0 saturated carbocycles. The van der Waals surface area contributed by atoms with E-state index in [9.17, 15) is 9.90 Å². The monoisotopic (exact) mass is 281 g/mol. The van der Waals surface area contributed by atoms with E-state index in [0.29, 0.717) is 17.9 Å². The van der Waals surface area contributed by atoms with Gasteiger partial charge in [0.15, 0.2) is 0 Å². The highest BCUT2D eigenvalue weighted by Crippen LogP contribution is 2.25. The summed E-state index contributed by atoms with van der Waals surface area (Å²) in [5, 5.41) is 12.2. The quantitative estimate of drug-likeness (QED) is 0.795. The zero-order valence-electron chi connectivity index (χ0n) is 12.5. The lowest BCUT2D eigenvalue weighted by molar-refractivity contribution is -0.122. The Balaban J connectivity index is 2.80. The van der Waals surface area contributed by atoms with Crippen LogP contribution in [0, 0.1) is 0 Å². The Bertz CT molecular complexity index is 455. The van der Waals surface area contributed by atoms with Crippen LogP contribution in [0.2, 0.25) is 0 Å². The third-order valence-corrected chi connectivity index (χ3v) is 3.42. The Morgan fingerprint density at radius 1 is 1.35 bits per heavy atom. The summed E-state index contributed by atoms with van der Waals surface area (Å²) in [6.07, 6.45) is 0.859. The van der Waals surface area contributed by atoms with Crippen LogP contribution in [0.4, 0.5) is 0 Å². The molecule has 0 saturated heterocycles. The Labute approximate surface area is 119 Å². The topological polar surface area (TPSA) is 67.8 Å². The summed E-state index contributed by atoms with van der Waals surface area (Å²) in [6.45, 7) is 3.65. The molecule has 0 heterocycles. The van der Waals surface area contributed by atoms with E-state index in [1.807, 2.05) is 13.8 Å². The Morgan fingerprint density at radius 2 is 2.05 bits per heavy atom. The number of rotatable bonds is 7. The number of methoxy groups -OCH3 is 2. The predicted octanol–water partition coefficient (Wildman–Crippen LogP) is 1.52. The van der Waals surface area contributed by atoms with E-state index >= 15 is 0 Å². The molecule has 1 aromatic carbocycles. The van der Waals surface area contributed by atoms with Crippen LogP contribution in [0.15, 0.2) is 18.2 Å². The van der Waals surface area contributed by atoms with Gasteiger partial charge < -0.3 is 19.9 Å². The van der Waals surface area contributed by atoms with E-state index in [4.69, 9.17) is 9.47 Å². The lowest BCUT2D eigenvalue weighted by atomic mass is 9.99. The Morgan fingerprint density at radius 3 is 2.55 bits per heavy atom. The van der Waals surface area contributed by atoms with Gasteiger partial charge in [-0.15, -0.1) is 0 Å². The fourth-order valence-corrected chi connectivity index (χ4v) is 1.79. The second-order valence-corrected chi connectivity index (χ2v) is 4.98. The van der Waals surface area contributed by atoms with E-state index in [0.717, 1.165) is 5.56 Å². The molecule has 0 aliphatic rings. The van der Waals surface area contributed by atoms with Gasteiger partial charge in [0.25, 0.3) is 0 Å². The molecule has 0 fully saturated rings. The Kier molecular flexibility index (Phi) is 5.82. The smallest absolute Gasteiger partial charge is 0.225 e. The number of aliphatic hydroxyl groups excluding tert-OH is 1. The number of benzene rings is 1. The number of hydrogen-bond acceptors (Lipinski definition) is 4. The van der Waals surface area contributed by atoms with Crippen molar-refractivity contribution in [3.8, 4) is 11.5 Å². The molecule has 0 bridgehead atoms. The SMILES string of the molecule is CCC(C)(CO)NC(=O)Cc1ccc(OC)cc1OC. The fourth-order valence-electron chi connectivity index (χ4n) is 1.79. The van der Waals surface area contributed by atoms with Gasteiger partial charge in [0.1, 0.15) is 11.5 Å². The summed E-state index contributed by atoms with van der Waals surface area (Å²) < 4.78 is 10.4. The van der Waals surface area contributed by atoms with E-state index in [1.165, 1.54) is 0 Å². The van der Waals surface area contributed by atoms with Crippen LogP contribution in [0.1, 0.15) is 25.8 Å². The summed E-state index contributed by atoms with van der Waals surface area (Å²) in [5.74, 6) is 1.15. The lowest BCUT2D eigenvalue weighted by Crippen LogP contribution is -2.48. The van der Waals surface area contributed by atoms with Crippen molar-refractivity contribution in [2.75, 3.05) is 20.8 Å². The highest BCUT2D eigenvalue weighted by Gasteiger charge is 2.23. The second kappa shape index (κ2) is 7.14. The molecule has 1 atom stereocenters. The van der Waals surface area contributed by atoms with Gasteiger partial charge in [0.05, 0.1) is 32.8 Å². The van der Waals surface area contributed by atoms with E-state index in [1.54, 1.807) is 32.4 Å². The van der Waals surface area contributed by atoms with Crippen LogP contribution in [0.25, 0.3) is 0 Å². The van der Waals surface area contributed by atoms with Gasteiger partial charge in [-0.3, -0.25) is 4.79 Å². The van der Waals surface area contributed by atoms with E-state index in [-0.39, 0.29) is 18.9 Å². The number of ether oxygens (including phenoxy) is 2. The zero-order chi connectivity index (χ0) is 15.2. The third kappa shape index (κ3) is 4.13. The molecule has 1 unspecified atom stereocenters. The van der Waals surface area contributed by atoms with E-state index in [2.05, 4.69) is 5.32 Å². The normalized spacial score (nSPS) is 13.4. The van der Waals surface area contributed by atoms with Crippen molar-refractivity contribution in [3.05, 3.63) is 23.8 Å². The van der Waals surface area contributed by atoms with Gasteiger partial charge in [0.2, 0.25) is 5.91 Å². The molecule has 0 aliphatic carbocycles. The van der Waals surface area contributed by atoms with Gasteiger partial charge in [-0.1, -0.05) is 13.0 Å². The second-order valence-electron chi connectivity index (χ2n) is 4.98. The molecule has 0 radical (unpaired) electrons. The van der Waals surface area contributed by atoms with E-state index < -0.39 is 5.54 Å². The number of aliphatic hydroxyl groups is 1. The minimum atomic E-state index is -0.587. The predicted molar refractivity (Wildman–Crippen MR) is 77.2 cm³/mol. The number of nitrogens with one attached hydrogen (secondary N) is 1. The maximum atomic E-state index is 12.1. The minimum Gasteiger partial charge on any atom is -0.497 e. The first-order valence-electron chi connectivity index (χ1n) is 6.60. The Hall–Kier alpha value is -1.75. The number of amides is 1. The third-order valence-electron chi connectivity index (χ3n) is 3.42. The van der Waals surface area contributed by atoms with Crippen molar-refractivity contribution >= 4 is 5.91 Å². The zero-order valence-corrected chi connectivity index (χ0v) is 12.5. The van der Waals surface area contributed by atoms with Crippen LogP contribution in [-0.2, 0) is 11.2 Å². The van der Waals surface area contributed by atoms with Crippen molar-refractivity contribution < 1.29 is 19.4 Å². The van der Waals surface area contributed by atoms with Crippen LogP contribution >= 0.6 is 0 Å². The molecule has 5 nitrogen and oxygen atoms in total. The van der Waals surface area contributed by atoms with Crippen molar-refractivity contribution in [1.82, 2.24) is 5.32 Å². The summed E-state index contributed by atoms with van der Waals surface area (Å²) in [7, 11) is 3.13. The average Bonchev–Trinajstić information content (AvgIpc) is 2.47.